The van der Waals surface area contributed by atoms with Crippen molar-refractivity contribution in [1.29, 1.82) is 0 Å². The van der Waals surface area contributed by atoms with Crippen molar-refractivity contribution in [3.8, 4) is 23.0 Å². The van der Waals surface area contributed by atoms with Crippen LogP contribution < -0.4 is 29.6 Å². The third kappa shape index (κ3) is 4.27. The highest BCUT2D eigenvalue weighted by atomic mass is 16.7. The number of nitrogens with zero attached hydrogens (tertiary/aromatic N) is 1. The van der Waals surface area contributed by atoms with Crippen LogP contribution in [0.5, 0.6) is 23.0 Å². The Balaban J connectivity index is 1.32. The molecule has 5 rings (SSSR count). The van der Waals surface area contributed by atoms with Crippen molar-refractivity contribution in [2.45, 2.75) is 31.7 Å². The quantitative estimate of drug-likeness (QED) is 0.529. The highest BCUT2D eigenvalue weighted by Gasteiger charge is 2.36. The van der Waals surface area contributed by atoms with Gasteiger partial charge in [0, 0.05) is 31.7 Å². The molecule has 8 nitrogen and oxygen atoms in total. The molecule has 0 aromatic heterocycles. The SMILES string of the molecule is CCNC(=NCc1ccc2c(c1)OCO2)NCC1(c2ccc3c(c2)OCO3)CCOCC1. The molecule has 8 heteroatoms. The number of hydrogen-bond donors (Lipinski definition) is 2. The molecule has 2 aromatic rings. The fourth-order valence-corrected chi connectivity index (χ4v) is 4.36. The third-order valence-electron chi connectivity index (χ3n) is 6.23. The maximum Gasteiger partial charge on any atom is 0.231 e. The first-order valence-corrected chi connectivity index (χ1v) is 11.1. The van der Waals surface area contributed by atoms with E-state index in [0.29, 0.717) is 6.54 Å². The molecule has 3 aliphatic rings. The van der Waals surface area contributed by atoms with E-state index in [1.165, 1.54) is 5.56 Å². The summed E-state index contributed by atoms with van der Waals surface area (Å²) in [4.78, 5) is 4.80. The Bertz CT molecular complexity index is 988. The third-order valence-corrected chi connectivity index (χ3v) is 6.23. The van der Waals surface area contributed by atoms with E-state index in [2.05, 4.69) is 29.7 Å². The fraction of sp³-hybridized carbons (Fsp3) is 0.458. The number of hydrogen-bond acceptors (Lipinski definition) is 6. The summed E-state index contributed by atoms with van der Waals surface area (Å²) < 4.78 is 27.7. The first-order valence-electron chi connectivity index (χ1n) is 11.1. The van der Waals surface area contributed by atoms with Crippen molar-refractivity contribution in [1.82, 2.24) is 10.6 Å². The van der Waals surface area contributed by atoms with Crippen LogP contribution in [0.3, 0.4) is 0 Å². The average molecular weight is 440 g/mol. The van der Waals surface area contributed by atoms with E-state index >= 15 is 0 Å². The van der Waals surface area contributed by atoms with Crippen LogP contribution >= 0.6 is 0 Å². The van der Waals surface area contributed by atoms with Crippen molar-refractivity contribution in [3.63, 3.8) is 0 Å². The van der Waals surface area contributed by atoms with E-state index in [1.54, 1.807) is 0 Å². The molecule has 0 amide bonds. The number of rotatable bonds is 6. The summed E-state index contributed by atoms with van der Waals surface area (Å²) >= 11 is 0. The summed E-state index contributed by atoms with van der Waals surface area (Å²) in [7, 11) is 0. The molecule has 2 N–H and O–H groups in total. The van der Waals surface area contributed by atoms with Gasteiger partial charge in [-0.2, -0.15) is 0 Å². The van der Waals surface area contributed by atoms with Crippen molar-refractivity contribution >= 4 is 5.96 Å². The molecule has 2 aromatic carbocycles. The smallest absolute Gasteiger partial charge is 0.231 e. The second kappa shape index (κ2) is 9.16. The van der Waals surface area contributed by atoms with Crippen LogP contribution in [0.15, 0.2) is 41.4 Å². The molecule has 1 saturated heterocycles. The Morgan fingerprint density at radius 3 is 2.31 bits per heavy atom. The molecular formula is C24H29N3O5. The fourth-order valence-electron chi connectivity index (χ4n) is 4.36. The van der Waals surface area contributed by atoms with Gasteiger partial charge in [0.25, 0.3) is 0 Å². The lowest BCUT2D eigenvalue weighted by molar-refractivity contribution is 0.0513. The molecule has 0 bridgehead atoms. The molecule has 3 heterocycles. The number of fused-ring (bicyclic) bond motifs is 2. The second-order valence-electron chi connectivity index (χ2n) is 8.20. The van der Waals surface area contributed by atoms with Gasteiger partial charge in [0.1, 0.15) is 0 Å². The van der Waals surface area contributed by atoms with Gasteiger partial charge in [-0.05, 0) is 55.2 Å². The van der Waals surface area contributed by atoms with Crippen LogP contribution in [0.1, 0.15) is 30.9 Å². The van der Waals surface area contributed by atoms with Gasteiger partial charge in [-0.3, -0.25) is 0 Å². The Labute approximate surface area is 187 Å². The minimum absolute atomic E-state index is 0.0613. The first-order chi connectivity index (χ1) is 15.8. The van der Waals surface area contributed by atoms with Crippen LogP contribution in [0.25, 0.3) is 0 Å². The largest absolute Gasteiger partial charge is 0.454 e. The monoisotopic (exact) mass is 439 g/mol. The highest BCUT2D eigenvalue weighted by Crippen LogP contribution is 2.40. The predicted octanol–water partition coefficient (Wildman–Crippen LogP) is 2.95. The number of benzene rings is 2. The summed E-state index contributed by atoms with van der Waals surface area (Å²) in [6.45, 7) is 6.19. The second-order valence-corrected chi connectivity index (χ2v) is 8.20. The minimum atomic E-state index is -0.0613. The summed E-state index contributed by atoms with van der Waals surface area (Å²) in [6, 6.07) is 12.2. The summed E-state index contributed by atoms with van der Waals surface area (Å²) in [6.07, 6.45) is 1.86. The van der Waals surface area contributed by atoms with E-state index in [1.807, 2.05) is 24.3 Å². The summed E-state index contributed by atoms with van der Waals surface area (Å²) in [5, 5.41) is 6.94. The topological polar surface area (TPSA) is 82.6 Å². The van der Waals surface area contributed by atoms with Gasteiger partial charge < -0.3 is 34.3 Å². The lowest BCUT2D eigenvalue weighted by atomic mass is 9.74. The number of aliphatic imine (C=N–C) groups is 1. The van der Waals surface area contributed by atoms with Gasteiger partial charge in [0.05, 0.1) is 6.54 Å². The van der Waals surface area contributed by atoms with Crippen LogP contribution in [0, 0.1) is 0 Å². The Hall–Kier alpha value is -3.13. The summed E-state index contributed by atoms with van der Waals surface area (Å²) in [5.74, 6) is 3.98. The Kier molecular flexibility index (Phi) is 5.94. The zero-order valence-electron chi connectivity index (χ0n) is 18.3. The van der Waals surface area contributed by atoms with Gasteiger partial charge in [-0.15, -0.1) is 0 Å². The molecule has 0 spiro atoms. The van der Waals surface area contributed by atoms with Crippen LogP contribution in [-0.2, 0) is 16.7 Å². The lowest BCUT2D eigenvalue weighted by Crippen LogP contribution is -2.48. The standard InChI is InChI=1S/C24H29N3O5/c1-2-25-23(26-13-17-3-5-19-21(11-17)31-15-29-19)27-14-24(7-9-28-10-8-24)18-4-6-20-22(12-18)32-16-30-20/h3-6,11-12H,2,7-10,13-16H2,1H3,(H2,25,26,27). The zero-order valence-corrected chi connectivity index (χ0v) is 18.3. The molecule has 0 unspecified atom stereocenters. The number of guanidine groups is 1. The molecule has 0 atom stereocenters. The van der Waals surface area contributed by atoms with Gasteiger partial charge >= 0.3 is 0 Å². The maximum atomic E-state index is 5.68. The lowest BCUT2D eigenvalue weighted by Gasteiger charge is -2.38. The van der Waals surface area contributed by atoms with Gasteiger partial charge in [-0.25, -0.2) is 4.99 Å². The Morgan fingerprint density at radius 1 is 0.875 bits per heavy atom. The Morgan fingerprint density at radius 2 is 1.56 bits per heavy atom. The molecule has 0 aliphatic carbocycles. The number of ether oxygens (including phenoxy) is 5. The van der Waals surface area contributed by atoms with Crippen LogP contribution in [0.4, 0.5) is 0 Å². The average Bonchev–Trinajstić information content (AvgIpc) is 3.50. The van der Waals surface area contributed by atoms with E-state index in [4.69, 9.17) is 28.7 Å². The van der Waals surface area contributed by atoms with Crippen LogP contribution in [-0.4, -0.2) is 45.8 Å². The normalized spacial score (nSPS) is 18.5. The van der Waals surface area contributed by atoms with Crippen molar-refractivity contribution < 1.29 is 23.7 Å². The molecule has 0 radical (unpaired) electrons. The van der Waals surface area contributed by atoms with Crippen LogP contribution in [0.2, 0.25) is 0 Å². The van der Waals surface area contributed by atoms with Crippen molar-refractivity contribution in [2.24, 2.45) is 4.99 Å². The maximum absolute atomic E-state index is 5.68. The van der Waals surface area contributed by atoms with E-state index < -0.39 is 0 Å². The van der Waals surface area contributed by atoms with E-state index in [-0.39, 0.29) is 19.0 Å². The molecule has 32 heavy (non-hydrogen) atoms. The van der Waals surface area contributed by atoms with E-state index in [0.717, 1.165) is 73.7 Å². The molecule has 170 valence electrons. The van der Waals surface area contributed by atoms with Gasteiger partial charge in [-0.1, -0.05) is 12.1 Å². The first kappa shape index (κ1) is 20.8. The summed E-state index contributed by atoms with van der Waals surface area (Å²) in [5.41, 5.74) is 2.25. The minimum Gasteiger partial charge on any atom is -0.454 e. The van der Waals surface area contributed by atoms with Gasteiger partial charge in [0.15, 0.2) is 29.0 Å². The highest BCUT2D eigenvalue weighted by molar-refractivity contribution is 5.80. The van der Waals surface area contributed by atoms with Crippen molar-refractivity contribution in [2.75, 3.05) is 39.9 Å². The molecule has 0 saturated carbocycles. The molecular weight excluding hydrogens is 410 g/mol. The molecule has 1 fully saturated rings. The van der Waals surface area contributed by atoms with E-state index in [9.17, 15) is 0 Å². The van der Waals surface area contributed by atoms with Crippen molar-refractivity contribution in [3.05, 3.63) is 47.5 Å². The molecule has 3 aliphatic heterocycles. The zero-order chi connectivity index (χ0) is 21.8. The van der Waals surface area contributed by atoms with Gasteiger partial charge in [0.2, 0.25) is 13.6 Å². The predicted molar refractivity (Wildman–Crippen MR) is 120 cm³/mol. The number of nitrogens with one attached hydrogen (secondary N) is 2.